The molecular weight excluding hydrogens is 312 g/mol. The van der Waals surface area contributed by atoms with Crippen molar-refractivity contribution in [3.63, 3.8) is 0 Å². The third-order valence-corrected chi connectivity index (χ3v) is 3.76. The number of aliphatic hydroxyl groups is 1. The number of aliphatic hydroxyl groups excluding tert-OH is 1. The van der Waals surface area contributed by atoms with Crippen LogP contribution in [0.3, 0.4) is 0 Å². The number of nitrogens with zero attached hydrogens (tertiary/aromatic N) is 1. The van der Waals surface area contributed by atoms with Gasteiger partial charge in [-0.25, -0.2) is 0 Å². The SMILES string of the molecule is B[C@@H]1O[C@H](/C=C/P(=O)(O)O)[C@H](O)C1OCCOCCN(C)C. The Morgan fingerprint density at radius 2 is 2.00 bits per heavy atom. The molecule has 1 saturated heterocycles. The lowest BCUT2D eigenvalue weighted by Gasteiger charge is -2.18. The summed E-state index contributed by atoms with van der Waals surface area (Å²) in [5.74, 6) is 0.736. The van der Waals surface area contributed by atoms with E-state index in [1.54, 1.807) is 7.85 Å². The Morgan fingerprint density at radius 3 is 2.59 bits per heavy atom. The molecule has 1 heterocycles. The van der Waals surface area contributed by atoms with Gasteiger partial charge in [0.25, 0.3) is 0 Å². The third-order valence-electron chi connectivity index (χ3n) is 3.20. The molecule has 128 valence electrons. The summed E-state index contributed by atoms with van der Waals surface area (Å²) in [6.45, 7) is 2.15. The molecule has 4 atom stereocenters. The first kappa shape index (κ1) is 19.8. The van der Waals surface area contributed by atoms with Gasteiger partial charge in [-0.2, -0.15) is 0 Å². The van der Waals surface area contributed by atoms with Gasteiger partial charge in [-0.05, 0) is 20.2 Å². The highest BCUT2D eigenvalue weighted by Crippen LogP contribution is 2.37. The van der Waals surface area contributed by atoms with E-state index in [0.717, 1.165) is 12.4 Å². The van der Waals surface area contributed by atoms with Gasteiger partial charge in [0.2, 0.25) is 0 Å². The highest BCUT2D eigenvalue weighted by molar-refractivity contribution is 7.55. The molecule has 1 aliphatic rings. The van der Waals surface area contributed by atoms with Crippen LogP contribution in [0.5, 0.6) is 0 Å². The Kier molecular flexibility index (Phi) is 8.23. The van der Waals surface area contributed by atoms with E-state index in [9.17, 15) is 9.67 Å². The van der Waals surface area contributed by atoms with Gasteiger partial charge in [0.05, 0.1) is 25.8 Å². The normalized spacial score (nSPS) is 29.7. The number of hydrogen-bond donors (Lipinski definition) is 3. The standard InChI is InChI=1S/C12H25BNO7P/c1-14(2)4-5-19-6-7-20-11-10(15)9(21-12(11)13)3-8-22(16,17)18/h3,8-12,15H,4-7,13H2,1-2H3,(H2,16,17,18)/b8-3+/t9-,10+,11?,12-/m1/s1. The van der Waals surface area contributed by atoms with Gasteiger partial charge in [0, 0.05) is 12.4 Å². The van der Waals surface area contributed by atoms with Crippen molar-refractivity contribution in [1.82, 2.24) is 4.90 Å². The van der Waals surface area contributed by atoms with Gasteiger partial charge in [0.15, 0.2) is 0 Å². The second-order valence-corrected chi connectivity index (χ2v) is 6.95. The quantitative estimate of drug-likeness (QED) is 0.261. The van der Waals surface area contributed by atoms with Crippen molar-refractivity contribution in [2.75, 3.05) is 40.5 Å². The number of rotatable bonds is 9. The van der Waals surface area contributed by atoms with Gasteiger partial charge < -0.3 is 34.0 Å². The van der Waals surface area contributed by atoms with Crippen molar-refractivity contribution in [3.05, 3.63) is 11.9 Å². The molecule has 0 saturated carbocycles. The van der Waals surface area contributed by atoms with E-state index in [1.165, 1.54) is 6.08 Å². The van der Waals surface area contributed by atoms with Gasteiger partial charge in [-0.1, -0.05) is 0 Å². The van der Waals surface area contributed by atoms with Crippen LogP contribution in [-0.4, -0.2) is 92.4 Å². The van der Waals surface area contributed by atoms with Crippen molar-refractivity contribution in [3.8, 4) is 0 Å². The van der Waals surface area contributed by atoms with Crippen LogP contribution in [0.1, 0.15) is 0 Å². The molecule has 1 fully saturated rings. The summed E-state index contributed by atoms with van der Waals surface area (Å²) in [6, 6.07) is -0.372. The van der Waals surface area contributed by atoms with Crippen molar-refractivity contribution < 1.29 is 33.7 Å². The lowest BCUT2D eigenvalue weighted by Crippen LogP contribution is -2.36. The molecule has 10 heteroatoms. The molecule has 0 amide bonds. The Balaban J connectivity index is 2.32. The first-order chi connectivity index (χ1) is 10.2. The zero-order valence-electron chi connectivity index (χ0n) is 13.2. The van der Waals surface area contributed by atoms with Crippen molar-refractivity contribution in [2.45, 2.75) is 24.3 Å². The summed E-state index contributed by atoms with van der Waals surface area (Å²) in [5, 5.41) is 10.1. The molecule has 0 aromatic carbocycles. The van der Waals surface area contributed by atoms with Gasteiger partial charge in [-0.3, -0.25) is 4.57 Å². The van der Waals surface area contributed by atoms with Crippen molar-refractivity contribution in [1.29, 1.82) is 0 Å². The smallest absolute Gasteiger partial charge is 0.348 e. The van der Waals surface area contributed by atoms with Crippen LogP contribution in [0.2, 0.25) is 0 Å². The number of hydrogen-bond acceptors (Lipinski definition) is 6. The van der Waals surface area contributed by atoms with Crippen LogP contribution in [0.25, 0.3) is 0 Å². The highest BCUT2D eigenvalue weighted by Gasteiger charge is 2.40. The topological polar surface area (TPSA) is 109 Å². The molecule has 1 unspecified atom stereocenters. The van der Waals surface area contributed by atoms with E-state index < -0.39 is 25.9 Å². The van der Waals surface area contributed by atoms with E-state index in [-0.39, 0.29) is 6.00 Å². The van der Waals surface area contributed by atoms with Gasteiger partial charge in [0.1, 0.15) is 26.2 Å². The number of likely N-dealkylation sites (N-methyl/N-ethyl adjacent to an activating group) is 1. The molecule has 22 heavy (non-hydrogen) atoms. The maximum atomic E-state index is 10.8. The van der Waals surface area contributed by atoms with E-state index >= 15 is 0 Å². The molecule has 1 aliphatic heterocycles. The minimum atomic E-state index is -4.26. The first-order valence-corrected chi connectivity index (χ1v) is 8.81. The van der Waals surface area contributed by atoms with Crippen LogP contribution in [0.4, 0.5) is 0 Å². The molecular formula is C12H25BNO7P. The summed E-state index contributed by atoms with van der Waals surface area (Å²) in [7, 11) is 1.39. The predicted octanol–water partition coefficient (Wildman–Crippen LogP) is -1.64. The van der Waals surface area contributed by atoms with E-state index in [4.69, 9.17) is 24.0 Å². The third kappa shape index (κ3) is 7.35. The Morgan fingerprint density at radius 1 is 1.32 bits per heavy atom. The lowest BCUT2D eigenvalue weighted by atomic mass is 9.93. The minimum Gasteiger partial charge on any atom is -0.387 e. The van der Waals surface area contributed by atoms with Crippen molar-refractivity contribution in [2.24, 2.45) is 0 Å². The largest absolute Gasteiger partial charge is 0.387 e. The van der Waals surface area contributed by atoms with Crippen LogP contribution < -0.4 is 0 Å². The number of ether oxygens (including phenoxy) is 3. The van der Waals surface area contributed by atoms with Crippen molar-refractivity contribution >= 4 is 15.4 Å². The monoisotopic (exact) mass is 337 g/mol. The molecule has 8 nitrogen and oxygen atoms in total. The van der Waals surface area contributed by atoms with Crippen LogP contribution in [0.15, 0.2) is 11.9 Å². The molecule has 3 N–H and O–H groups in total. The summed E-state index contributed by atoms with van der Waals surface area (Å²) >= 11 is 0. The van der Waals surface area contributed by atoms with Crippen LogP contribution in [-0.2, 0) is 18.8 Å². The zero-order chi connectivity index (χ0) is 16.8. The second kappa shape index (κ2) is 9.15. The van der Waals surface area contributed by atoms with Gasteiger partial charge >= 0.3 is 7.60 Å². The average molecular weight is 337 g/mol. The molecule has 0 bridgehead atoms. The zero-order valence-corrected chi connectivity index (χ0v) is 14.1. The fourth-order valence-electron chi connectivity index (χ4n) is 2.05. The Hall–Kier alpha value is -0.245. The fraction of sp³-hybridized carbons (Fsp3) is 0.833. The highest BCUT2D eigenvalue weighted by atomic mass is 31.2. The summed E-state index contributed by atoms with van der Waals surface area (Å²) in [5.41, 5.74) is 0. The first-order valence-electron chi connectivity index (χ1n) is 7.13. The lowest BCUT2D eigenvalue weighted by molar-refractivity contribution is -0.0431. The summed E-state index contributed by atoms with van der Waals surface area (Å²) < 4.78 is 27.2. The van der Waals surface area contributed by atoms with Crippen LogP contribution >= 0.6 is 7.60 Å². The fourth-order valence-corrected chi connectivity index (χ4v) is 2.45. The second-order valence-electron chi connectivity index (χ2n) is 5.48. The van der Waals surface area contributed by atoms with E-state index in [0.29, 0.717) is 19.8 Å². The van der Waals surface area contributed by atoms with Gasteiger partial charge in [-0.15, -0.1) is 0 Å². The molecule has 0 aliphatic carbocycles. The Bertz CT molecular complexity index is 403. The molecule has 0 spiro atoms. The predicted molar refractivity (Wildman–Crippen MR) is 83.5 cm³/mol. The van der Waals surface area contributed by atoms with E-state index in [2.05, 4.69) is 0 Å². The summed E-state index contributed by atoms with van der Waals surface area (Å²) in [6.07, 6.45) is -1.13. The molecule has 0 aromatic rings. The Labute approximate surface area is 131 Å². The maximum absolute atomic E-state index is 10.8. The minimum absolute atomic E-state index is 0.317. The summed E-state index contributed by atoms with van der Waals surface area (Å²) in [4.78, 5) is 19.6. The maximum Gasteiger partial charge on any atom is 0.348 e. The molecule has 0 radical (unpaired) electrons. The van der Waals surface area contributed by atoms with Crippen LogP contribution in [0, 0.1) is 0 Å². The molecule has 1 rings (SSSR count). The van der Waals surface area contributed by atoms with E-state index in [1.807, 2.05) is 19.0 Å². The molecule has 0 aromatic heterocycles. The average Bonchev–Trinajstić information content (AvgIpc) is 2.66.